The number of halogens is 3. The van der Waals surface area contributed by atoms with Crippen LogP contribution >= 0.6 is 11.6 Å². The van der Waals surface area contributed by atoms with E-state index in [-0.39, 0.29) is 10.6 Å². The highest BCUT2D eigenvalue weighted by Crippen LogP contribution is 2.33. The lowest BCUT2D eigenvalue weighted by atomic mass is 10.0. The Morgan fingerprint density at radius 3 is 2.00 bits per heavy atom. The molecule has 0 fully saturated rings. The summed E-state index contributed by atoms with van der Waals surface area (Å²) in [4.78, 5) is 0. The topological polar surface area (TPSA) is 38.7 Å². The standard InChI is InChI=1S/C15H13ClF2O3/c1-20-9-3-8(4-10(5-9)21-2)15(19)11-6-13(17)14(18)7-12(11)16/h3-7,15,19H,1-2H3. The largest absolute Gasteiger partial charge is 0.497 e. The van der Waals surface area contributed by atoms with Gasteiger partial charge in [-0.2, -0.15) is 0 Å². The van der Waals surface area contributed by atoms with E-state index >= 15 is 0 Å². The van der Waals surface area contributed by atoms with Crippen LogP contribution in [0.25, 0.3) is 0 Å². The number of rotatable bonds is 4. The van der Waals surface area contributed by atoms with Crippen LogP contribution in [0.2, 0.25) is 5.02 Å². The lowest BCUT2D eigenvalue weighted by Crippen LogP contribution is -2.03. The minimum Gasteiger partial charge on any atom is -0.497 e. The molecule has 0 aliphatic carbocycles. The highest BCUT2D eigenvalue weighted by atomic mass is 35.5. The lowest BCUT2D eigenvalue weighted by Gasteiger charge is -2.16. The number of hydrogen-bond acceptors (Lipinski definition) is 3. The smallest absolute Gasteiger partial charge is 0.160 e. The first-order valence-corrected chi connectivity index (χ1v) is 6.39. The molecule has 1 atom stereocenters. The number of aliphatic hydroxyl groups is 1. The fourth-order valence-corrected chi connectivity index (χ4v) is 2.17. The molecule has 1 N–H and O–H groups in total. The van der Waals surface area contributed by atoms with Crippen molar-refractivity contribution in [1.82, 2.24) is 0 Å². The highest BCUT2D eigenvalue weighted by Gasteiger charge is 2.19. The SMILES string of the molecule is COc1cc(OC)cc(C(O)c2cc(F)c(F)cc2Cl)c1. The number of methoxy groups -OCH3 is 2. The van der Waals surface area contributed by atoms with Crippen LogP contribution < -0.4 is 9.47 Å². The van der Waals surface area contributed by atoms with Crippen LogP contribution in [-0.4, -0.2) is 19.3 Å². The van der Waals surface area contributed by atoms with Gasteiger partial charge in [-0.3, -0.25) is 0 Å². The van der Waals surface area contributed by atoms with Gasteiger partial charge in [-0.05, 0) is 29.8 Å². The summed E-state index contributed by atoms with van der Waals surface area (Å²) in [5.41, 5.74) is 0.449. The third-order valence-electron chi connectivity index (χ3n) is 3.02. The Kier molecular flexibility index (Phi) is 4.65. The van der Waals surface area contributed by atoms with Gasteiger partial charge in [0, 0.05) is 16.7 Å². The van der Waals surface area contributed by atoms with Gasteiger partial charge in [0.05, 0.1) is 14.2 Å². The Morgan fingerprint density at radius 1 is 0.952 bits per heavy atom. The molecule has 0 amide bonds. The van der Waals surface area contributed by atoms with Crippen molar-refractivity contribution in [3.05, 3.63) is 58.1 Å². The molecule has 0 radical (unpaired) electrons. The summed E-state index contributed by atoms with van der Waals surface area (Å²) in [6.07, 6.45) is -1.24. The van der Waals surface area contributed by atoms with E-state index in [9.17, 15) is 13.9 Å². The maximum Gasteiger partial charge on any atom is 0.160 e. The Labute approximate surface area is 125 Å². The van der Waals surface area contributed by atoms with Crippen LogP contribution in [0.5, 0.6) is 11.5 Å². The van der Waals surface area contributed by atoms with Gasteiger partial charge < -0.3 is 14.6 Å². The molecule has 6 heteroatoms. The van der Waals surface area contributed by atoms with Crippen LogP contribution in [-0.2, 0) is 0 Å². The van der Waals surface area contributed by atoms with E-state index in [0.29, 0.717) is 17.1 Å². The van der Waals surface area contributed by atoms with Crippen molar-refractivity contribution in [2.24, 2.45) is 0 Å². The molecule has 3 nitrogen and oxygen atoms in total. The Balaban J connectivity index is 2.49. The van der Waals surface area contributed by atoms with Crippen LogP contribution in [0, 0.1) is 11.6 Å². The van der Waals surface area contributed by atoms with Crippen molar-refractivity contribution in [1.29, 1.82) is 0 Å². The van der Waals surface area contributed by atoms with Gasteiger partial charge in [0.15, 0.2) is 11.6 Å². The van der Waals surface area contributed by atoms with Crippen LogP contribution in [0.4, 0.5) is 8.78 Å². The van der Waals surface area contributed by atoms with Gasteiger partial charge in [-0.25, -0.2) is 8.78 Å². The number of ether oxygens (including phenoxy) is 2. The Hall–Kier alpha value is -1.85. The predicted molar refractivity (Wildman–Crippen MR) is 75.0 cm³/mol. The first-order chi connectivity index (χ1) is 9.96. The minimum atomic E-state index is -1.24. The zero-order chi connectivity index (χ0) is 15.6. The first-order valence-electron chi connectivity index (χ1n) is 6.01. The van der Waals surface area contributed by atoms with Gasteiger partial charge in [0.2, 0.25) is 0 Å². The van der Waals surface area contributed by atoms with Crippen molar-refractivity contribution >= 4 is 11.6 Å². The maximum atomic E-state index is 13.3. The number of aliphatic hydroxyl groups excluding tert-OH is 1. The zero-order valence-corrected chi connectivity index (χ0v) is 12.1. The third-order valence-corrected chi connectivity index (χ3v) is 3.35. The molecule has 2 rings (SSSR count). The molecule has 0 spiro atoms. The van der Waals surface area contributed by atoms with E-state index in [1.807, 2.05) is 0 Å². The number of hydrogen-bond donors (Lipinski definition) is 1. The van der Waals surface area contributed by atoms with Gasteiger partial charge in [0.25, 0.3) is 0 Å². The molecule has 0 aliphatic rings. The molecule has 21 heavy (non-hydrogen) atoms. The molecule has 0 heterocycles. The van der Waals surface area contributed by atoms with E-state index in [2.05, 4.69) is 0 Å². The summed E-state index contributed by atoms with van der Waals surface area (Å²) in [7, 11) is 2.94. The van der Waals surface area contributed by atoms with Gasteiger partial charge in [-0.1, -0.05) is 11.6 Å². The molecule has 0 bridgehead atoms. The van der Waals surface area contributed by atoms with Crippen LogP contribution in [0.1, 0.15) is 17.2 Å². The maximum absolute atomic E-state index is 13.3. The molecule has 0 saturated carbocycles. The van der Waals surface area contributed by atoms with Crippen LogP contribution in [0.15, 0.2) is 30.3 Å². The third kappa shape index (κ3) is 3.25. The van der Waals surface area contributed by atoms with E-state index in [1.54, 1.807) is 18.2 Å². The summed E-state index contributed by atoms with van der Waals surface area (Å²) in [6.45, 7) is 0. The molecule has 0 aromatic heterocycles. The second-order valence-electron chi connectivity index (χ2n) is 4.34. The normalized spacial score (nSPS) is 12.1. The molecule has 1 unspecified atom stereocenters. The van der Waals surface area contributed by atoms with E-state index in [1.165, 1.54) is 14.2 Å². The van der Waals surface area contributed by atoms with Crippen molar-refractivity contribution in [2.75, 3.05) is 14.2 Å². The molecule has 0 saturated heterocycles. The summed E-state index contributed by atoms with van der Waals surface area (Å²) in [5.74, 6) is -1.23. The van der Waals surface area contributed by atoms with Crippen molar-refractivity contribution in [3.63, 3.8) is 0 Å². The fraction of sp³-hybridized carbons (Fsp3) is 0.200. The average molecular weight is 315 g/mol. The van der Waals surface area contributed by atoms with Gasteiger partial charge in [-0.15, -0.1) is 0 Å². The molecular formula is C15H13ClF2O3. The van der Waals surface area contributed by atoms with E-state index in [0.717, 1.165) is 12.1 Å². The van der Waals surface area contributed by atoms with Crippen molar-refractivity contribution in [3.8, 4) is 11.5 Å². The monoisotopic (exact) mass is 314 g/mol. The predicted octanol–water partition coefficient (Wildman–Crippen LogP) is 3.72. The molecule has 2 aromatic carbocycles. The van der Waals surface area contributed by atoms with Crippen molar-refractivity contribution in [2.45, 2.75) is 6.10 Å². The summed E-state index contributed by atoms with van der Waals surface area (Å²) in [5, 5.41) is 10.3. The summed E-state index contributed by atoms with van der Waals surface area (Å²) >= 11 is 5.86. The lowest BCUT2D eigenvalue weighted by molar-refractivity contribution is 0.218. The van der Waals surface area contributed by atoms with E-state index in [4.69, 9.17) is 21.1 Å². The average Bonchev–Trinajstić information content (AvgIpc) is 2.49. The molecule has 112 valence electrons. The molecule has 2 aromatic rings. The second kappa shape index (κ2) is 6.28. The second-order valence-corrected chi connectivity index (χ2v) is 4.74. The number of benzene rings is 2. The highest BCUT2D eigenvalue weighted by molar-refractivity contribution is 6.31. The van der Waals surface area contributed by atoms with Crippen LogP contribution in [0.3, 0.4) is 0 Å². The zero-order valence-electron chi connectivity index (χ0n) is 11.4. The minimum absolute atomic E-state index is 0.0610. The van der Waals surface area contributed by atoms with E-state index < -0.39 is 17.7 Å². The van der Waals surface area contributed by atoms with Gasteiger partial charge >= 0.3 is 0 Å². The molecular weight excluding hydrogens is 302 g/mol. The summed E-state index contributed by atoms with van der Waals surface area (Å²) < 4.78 is 36.6. The van der Waals surface area contributed by atoms with Gasteiger partial charge in [0.1, 0.15) is 17.6 Å². The first kappa shape index (κ1) is 15.5. The molecule has 0 aliphatic heterocycles. The Morgan fingerprint density at radius 2 is 1.48 bits per heavy atom. The summed E-state index contributed by atoms with van der Waals surface area (Å²) in [6, 6.07) is 6.44. The Bertz CT molecular complexity index is 639. The van der Waals surface area contributed by atoms with Crippen molar-refractivity contribution < 1.29 is 23.4 Å². The quantitative estimate of drug-likeness (QED) is 0.874. The fourth-order valence-electron chi connectivity index (χ4n) is 1.91.